The molecule has 0 spiro atoms. The van der Waals surface area contributed by atoms with E-state index >= 15 is 0 Å². The average Bonchev–Trinajstić information content (AvgIpc) is 2.31. The summed E-state index contributed by atoms with van der Waals surface area (Å²) in [5.74, 6) is 0. The van der Waals surface area contributed by atoms with Crippen LogP contribution in [-0.2, 0) is 6.42 Å². The van der Waals surface area contributed by atoms with Crippen molar-refractivity contribution >= 4 is 23.2 Å². The molecular formula is C11H12Cl2O. The zero-order valence-corrected chi connectivity index (χ0v) is 9.28. The molecule has 0 aliphatic heterocycles. The van der Waals surface area contributed by atoms with Gasteiger partial charge in [-0.1, -0.05) is 29.6 Å². The fourth-order valence-electron chi connectivity index (χ4n) is 1.94. The molecule has 1 aliphatic rings. The number of aliphatic hydroxyl groups is 1. The highest BCUT2D eigenvalue weighted by atomic mass is 35.5. The van der Waals surface area contributed by atoms with E-state index in [1.807, 2.05) is 6.07 Å². The second kappa shape index (κ2) is 4.09. The van der Waals surface area contributed by atoms with Crippen LogP contribution in [0.25, 0.3) is 0 Å². The van der Waals surface area contributed by atoms with Crippen LogP contribution < -0.4 is 0 Å². The SMILES string of the molecule is OC1CCCCc2cc(Cl)c(Cl)cc21. The molecule has 0 aromatic heterocycles. The first-order chi connectivity index (χ1) is 6.68. The first kappa shape index (κ1) is 10.3. The number of halogens is 2. The van der Waals surface area contributed by atoms with E-state index in [9.17, 15) is 5.11 Å². The summed E-state index contributed by atoms with van der Waals surface area (Å²) in [5, 5.41) is 11.0. The van der Waals surface area contributed by atoms with Crippen LogP contribution in [0.2, 0.25) is 10.0 Å². The van der Waals surface area contributed by atoms with Crippen molar-refractivity contribution < 1.29 is 5.11 Å². The minimum absolute atomic E-state index is 0.373. The van der Waals surface area contributed by atoms with Gasteiger partial charge < -0.3 is 5.11 Å². The van der Waals surface area contributed by atoms with Crippen molar-refractivity contribution in [1.29, 1.82) is 0 Å². The molecule has 1 aromatic rings. The van der Waals surface area contributed by atoms with Gasteiger partial charge in [-0.05, 0) is 42.5 Å². The van der Waals surface area contributed by atoms with Crippen molar-refractivity contribution in [3.8, 4) is 0 Å². The van der Waals surface area contributed by atoms with Crippen LogP contribution in [0.5, 0.6) is 0 Å². The predicted octanol–water partition coefficient (Wildman–Crippen LogP) is 3.75. The lowest BCUT2D eigenvalue weighted by molar-refractivity contribution is 0.166. The number of hydrogen-bond donors (Lipinski definition) is 1. The van der Waals surface area contributed by atoms with Gasteiger partial charge in [-0.15, -0.1) is 0 Å². The molecule has 1 aliphatic carbocycles. The van der Waals surface area contributed by atoms with E-state index in [0.29, 0.717) is 10.0 Å². The second-order valence-electron chi connectivity index (χ2n) is 3.73. The van der Waals surface area contributed by atoms with E-state index in [1.165, 1.54) is 0 Å². The van der Waals surface area contributed by atoms with Crippen molar-refractivity contribution in [3.05, 3.63) is 33.3 Å². The van der Waals surface area contributed by atoms with Crippen LogP contribution >= 0.6 is 23.2 Å². The lowest BCUT2D eigenvalue weighted by atomic mass is 10.0. The Balaban J connectivity index is 2.49. The average molecular weight is 231 g/mol. The normalized spacial score (nSPS) is 21.5. The van der Waals surface area contributed by atoms with E-state index in [1.54, 1.807) is 6.07 Å². The van der Waals surface area contributed by atoms with Crippen LogP contribution in [0.4, 0.5) is 0 Å². The third-order valence-corrected chi connectivity index (χ3v) is 3.44. The van der Waals surface area contributed by atoms with Crippen molar-refractivity contribution in [3.63, 3.8) is 0 Å². The summed E-state index contributed by atoms with van der Waals surface area (Å²) in [6.45, 7) is 0. The van der Waals surface area contributed by atoms with Gasteiger partial charge in [-0.2, -0.15) is 0 Å². The van der Waals surface area contributed by atoms with Gasteiger partial charge in [-0.25, -0.2) is 0 Å². The monoisotopic (exact) mass is 230 g/mol. The van der Waals surface area contributed by atoms with Gasteiger partial charge in [0, 0.05) is 0 Å². The van der Waals surface area contributed by atoms with Gasteiger partial charge in [0.25, 0.3) is 0 Å². The Labute approximate surface area is 93.7 Å². The zero-order chi connectivity index (χ0) is 10.1. The number of hydrogen-bond acceptors (Lipinski definition) is 1. The number of fused-ring (bicyclic) bond motifs is 1. The Morgan fingerprint density at radius 2 is 1.86 bits per heavy atom. The molecule has 76 valence electrons. The molecule has 0 amide bonds. The summed E-state index contributed by atoms with van der Waals surface area (Å²) in [4.78, 5) is 0. The number of benzene rings is 1. The molecule has 0 heterocycles. The first-order valence-electron chi connectivity index (χ1n) is 4.84. The van der Waals surface area contributed by atoms with Crippen molar-refractivity contribution in [2.75, 3.05) is 0 Å². The van der Waals surface area contributed by atoms with Crippen LogP contribution in [-0.4, -0.2) is 5.11 Å². The largest absolute Gasteiger partial charge is 0.388 e. The molecule has 14 heavy (non-hydrogen) atoms. The lowest BCUT2D eigenvalue weighted by Gasteiger charge is -2.12. The highest BCUT2D eigenvalue weighted by Gasteiger charge is 2.17. The Kier molecular flexibility index (Phi) is 3.01. The van der Waals surface area contributed by atoms with Crippen molar-refractivity contribution in [1.82, 2.24) is 0 Å². The number of rotatable bonds is 0. The first-order valence-corrected chi connectivity index (χ1v) is 5.60. The summed E-state index contributed by atoms with van der Waals surface area (Å²) >= 11 is 11.9. The molecule has 0 radical (unpaired) electrons. The van der Waals surface area contributed by atoms with Gasteiger partial charge in [0.1, 0.15) is 0 Å². The smallest absolute Gasteiger partial charge is 0.0793 e. The van der Waals surface area contributed by atoms with Crippen LogP contribution in [0.15, 0.2) is 12.1 Å². The van der Waals surface area contributed by atoms with E-state index in [-0.39, 0.29) is 6.10 Å². The summed E-state index contributed by atoms with van der Waals surface area (Å²) in [5.41, 5.74) is 2.10. The standard InChI is InChI=1S/C11H12Cl2O/c12-9-5-7-3-1-2-4-11(14)8(7)6-10(9)13/h5-6,11,14H,1-4H2. The molecule has 2 rings (SSSR count). The van der Waals surface area contributed by atoms with Crippen molar-refractivity contribution in [2.45, 2.75) is 31.8 Å². The van der Waals surface area contributed by atoms with Crippen LogP contribution in [0.3, 0.4) is 0 Å². The molecule has 3 heteroatoms. The Morgan fingerprint density at radius 3 is 2.64 bits per heavy atom. The van der Waals surface area contributed by atoms with Gasteiger partial charge in [-0.3, -0.25) is 0 Å². The summed E-state index contributed by atoms with van der Waals surface area (Å²) in [6.07, 6.45) is 3.61. The van der Waals surface area contributed by atoms with Crippen LogP contribution in [0.1, 0.15) is 36.5 Å². The molecule has 1 N–H and O–H groups in total. The molecule has 0 bridgehead atoms. The molecule has 1 aromatic carbocycles. The highest BCUT2D eigenvalue weighted by Crippen LogP contribution is 2.34. The molecule has 1 nitrogen and oxygen atoms in total. The maximum Gasteiger partial charge on any atom is 0.0793 e. The predicted molar refractivity (Wildman–Crippen MR) is 59.0 cm³/mol. The third-order valence-electron chi connectivity index (χ3n) is 2.71. The van der Waals surface area contributed by atoms with E-state index in [2.05, 4.69) is 0 Å². The van der Waals surface area contributed by atoms with Crippen molar-refractivity contribution in [2.24, 2.45) is 0 Å². The lowest BCUT2D eigenvalue weighted by Crippen LogP contribution is -1.98. The Morgan fingerprint density at radius 1 is 1.14 bits per heavy atom. The van der Waals surface area contributed by atoms with Crippen LogP contribution in [0, 0.1) is 0 Å². The number of aryl methyl sites for hydroxylation is 1. The maximum absolute atomic E-state index is 9.85. The molecule has 1 unspecified atom stereocenters. The third kappa shape index (κ3) is 1.90. The number of aliphatic hydroxyl groups excluding tert-OH is 1. The highest BCUT2D eigenvalue weighted by molar-refractivity contribution is 6.42. The van der Waals surface area contributed by atoms with Gasteiger partial charge >= 0.3 is 0 Å². The van der Waals surface area contributed by atoms with Gasteiger partial charge in [0.05, 0.1) is 16.1 Å². The second-order valence-corrected chi connectivity index (χ2v) is 4.54. The maximum atomic E-state index is 9.85. The van der Waals surface area contributed by atoms with E-state index in [4.69, 9.17) is 23.2 Å². The molecular weight excluding hydrogens is 219 g/mol. The topological polar surface area (TPSA) is 20.2 Å². The van der Waals surface area contributed by atoms with E-state index in [0.717, 1.165) is 36.8 Å². The summed E-state index contributed by atoms with van der Waals surface area (Å²) in [7, 11) is 0. The van der Waals surface area contributed by atoms with E-state index < -0.39 is 0 Å². The molecule has 0 fully saturated rings. The Bertz CT molecular complexity index is 349. The molecule has 0 saturated carbocycles. The van der Waals surface area contributed by atoms with Gasteiger partial charge in [0.2, 0.25) is 0 Å². The summed E-state index contributed by atoms with van der Waals surface area (Å²) in [6, 6.07) is 3.68. The fourth-order valence-corrected chi connectivity index (χ4v) is 2.30. The quantitative estimate of drug-likeness (QED) is 0.674. The van der Waals surface area contributed by atoms with Gasteiger partial charge in [0.15, 0.2) is 0 Å². The molecule has 1 atom stereocenters. The Hall–Kier alpha value is -0.240. The fraction of sp³-hybridized carbons (Fsp3) is 0.455. The minimum atomic E-state index is -0.373. The minimum Gasteiger partial charge on any atom is -0.388 e. The molecule has 0 saturated heterocycles. The summed E-state index contributed by atoms with van der Waals surface area (Å²) < 4.78 is 0. The zero-order valence-electron chi connectivity index (χ0n) is 7.76.